The van der Waals surface area contributed by atoms with Crippen molar-refractivity contribution in [1.82, 2.24) is 4.57 Å². The summed E-state index contributed by atoms with van der Waals surface area (Å²) in [5.41, 5.74) is 16.9. The van der Waals surface area contributed by atoms with E-state index in [2.05, 4.69) is 102 Å². The van der Waals surface area contributed by atoms with E-state index in [1.807, 2.05) is 78.9 Å². The highest BCUT2D eigenvalue weighted by molar-refractivity contribution is 6.14. The average Bonchev–Trinajstić information content (AvgIpc) is 3.73. The fourth-order valence-electron chi connectivity index (χ4n) is 6.89. The second-order valence-corrected chi connectivity index (χ2v) is 12.6. The van der Waals surface area contributed by atoms with Crippen molar-refractivity contribution < 1.29 is 4.42 Å². The molecular weight excluding hydrogens is 625 g/mol. The third-order valence-electron chi connectivity index (χ3n) is 9.39. The van der Waals surface area contributed by atoms with E-state index in [4.69, 9.17) is 20.1 Å². The number of nitrogens with two attached hydrogens (primary N) is 1. The molecule has 0 aliphatic heterocycles. The molecule has 9 rings (SSSR count). The minimum atomic E-state index is 0.330. The standard InChI is InChI=1S/C46H32N4O/c1-30(33-17-12-18-34(27-33)31-13-4-2-5-14-31)48-46(32-15-6-3-7-16-32)49-45(47)35-23-25-39-40-26-24-36(29-44(40)51-43(39)28-35)50-41-21-10-8-19-37(41)38-20-9-11-22-42(38)50/h2-29H,1H2,(H2,47,48,49). The number of rotatable bonds is 6. The number of amidine groups is 2. The third kappa shape index (κ3) is 5.47. The normalized spacial score (nSPS) is 12.3. The van der Waals surface area contributed by atoms with Gasteiger partial charge in [0, 0.05) is 50.0 Å². The number of aliphatic imine (C=N–C) groups is 2. The van der Waals surface area contributed by atoms with Gasteiger partial charge in [0.15, 0.2) is 5.84 Å². The molecule has 242 valence electrons. The second-order valence-electron chi connectivity index (χ2n) is 12.6. The Labute approximate surface area is 295 Å². The first kappa shape index (κ1) is 30.1. The van der Waals surface area contributed by atoms with Gasteiger partial charge in [0.25, 0.3) is 0 Å². The Kier molecular flexibility index (Phi) is 7.37. The predicted octanol–water partition coefficient (Wildman–Crippen LogP) is 11.2. The zero-order valence-corrected chi connectivity index (χ0v) is 27.7. The summed E-state index contributed by atoms with van der Waals surface area (Å²) < 4.78 is 8.79. The van der Waals surface area contributed by atoms with Gasteiger partial charge in [-0.05, 0) is 53.6 Å². The number of fused-ring (bicyclic) bond motifs is 6. The lowest BCUT2D eigenvalue weighted by atomic mass is 10.0. The van der Waals surface area contributed by atoms with Gasteiger partial charge in [0.2, 0.25) is 0 Å². The Morgan fingerprint density at radius 1 is 0.490 bits per heavy atom. The molecule has 0 unspecified atom stereocenters. The molecule has 0 aliphatic rings. The summed E-state index contributed by atoms with van der Waals surface area (Å²) in [7, 11) is 0. The molecule has 0 aliphatic carbocycles. The van der Waals surface area contributed by atoms with Crippen LogP contribution in [0.1, 0.15) is 16.7 Å². The maximum absolute atomic E-state index is 6.72. The van der Waals surface area contributed by atoms with Crippen molar-refractivity contribution in [3.05, 3.63) is 193 Å². The van der Waals surface area contributed by atoms with Gasteiger partial charge in [-0.3, -0.25) is 0 Å². The number of aromatic nitrogens is 1. The molecule has 7 aromatic carbocycles. The Morgan fingerprint density at radius 2 is 1.08 bits per heavy atom. The lowest BCUT2D eigenvalue weighted by molar-refractivity contribution is 0.668. The van der Waals surface area contributed by atoms with Crippen LogP contribution in [0.3, 0.4) is 0 Å². The van der Waals surface area contributed by atoms with Crippen LogP contribution >= 0.6 is 0 Å². The second kappa shape index (κ2) is 12.5. The monoisotopic (exact) mass is 656 g/mol. The maximum Gasteiger partial charge on any atom is 0.162 e. The van der Waals surface area contributed by atoms with Crippen LogP contribution in [-0.2, 0) is 0 Å². The van der Waals surface area contributed by atoms with Crippen LogP contribution in [0.4, 0.5) is 0 Å². The van der Waals surface area contributed by atoms with Crippen molar-refractivity contribution in [2.75, 3.05) is 0 Å². The molecule has 0 spiro atoms. The SMILES string of the molecule is C=C(N=C(N=C(N)c1ccc2c(c1)oc1cc(-n3c4ccccc4c4ccccc43)ccc12)c1ccccc1)c1cccc(-c2ccccc2)c1. The Balaban J connectivity index is 1.09. The van der Waals surface area contributed by atoms with Gasteiger partial charge >= 0.3 is 0 Å². The quantitative estimate of drug-likeness (QED) is 0.143. The van der Waals surface area contributed by atoms with Gasteiger partial charge in [0.05, 0.1) is 16.7 Å². The summed E-state index contributed by atoms with van der Waals surface area (Å²) in [6.07, 6.45) is 0. The number of hydrogen-bond donors (Lipinski definition) is 1. The number of hydrogen-bond acceptors (Lipinski definition) is 2. The summed E-state index contributed by atoms with van der Waals surface area (Å²) in [5.74, 6) is 0.806. The van der Waals surface area contributed by atoms with Crippen molar-refractivity contribution >= 4 is 61.1 Å². The average molecular weight is 657 g/mol. The van der Waals surface area contributed by atoms with Gasteiger partial charge in [-0.2, -0.15) is 0 Å². The topological polar surface area (TPSA) is 68.8 Å². The lowest BCUT2D eigenvalue weighted by Crippen LogP contribution is -2.16. The largest absolute Gasteiger partial charge is 0.456 e. The van der Waals surface area contributed by atoms with Crippen LogP contribution < -0.4 is 5.73 Å². The van der Waals surface area contributed by atoms with Gasteiger partial charge in [-0.25, -0.2) is 9.98 Å². The fourth-order valence-corrected chi connectivity index (χ4v) is 6.89. The molecule has 0 saturated carbocycles. The van der Waals surface area contributed by atoms with E-state index < -0.39 is 0 Å². The summed E-state index contributed by atoms with van der Waals surface area (Å²) in [6.45, 7) is 4.31. The first-order valence-corrected chi connectivity index (χ1v) is 16.9. The van der Waals surface area contributed by atoms with Gasteiger partial charge < -0.3 is 14.7 Å². The van der Waals surface area contributed by atoms with E-state index in [0.29, 0.717) is 17.4 Å². The van der Waals surface area contributed by atoms with Crippen molar-refractivity contribution in [3.8, 4) is 16.8 Å². The molecule has 0 bridgehead atoms. The van der Waals surface area contributed by atoms with Crippen molar-refractivity contribution in [2.24, 2.45) is 15.7 Å². The van der Waals surface area contributed by atoms with Crippen molar-refractivity contribution in [3.63, 3.8) is 0 Å². The highest BCUT2D eigenvalue weighted by Crippen LogP contribution is 2.35. The highest BCUT2D eigenvalue weighted by atomic mass is 16.3. The molecule has 2 heterocycles. The number of furan rings is 1. The fraction of sp³-hybridized carbons (Fsp3) is 0. The van der Waals surface area contributed by atoms with E-state index in [-0.39, 0.29) is 0 Å². The Morgan fingerprint density at radius 3 is 1.80 bits per heavy atom. The molecular formula is C46H32N4O. The lowest BCUT2D eigenvalue weighted by Gasteiger charge is -2.08. The Bertz CT molecular complexity index is 2770. The van der Waals surface area contributed by atoms with E-state index >= 15 is 0 Å². The molecule has 0 fully saturated rings. The van der Waals surface area contributed by atoms with Crippen molar-refractivity contribution in [1.29, 1.82) is 0 Å². The zero-order valence-electron chi connectivity index (χ0n) is 27.7. The Hall–Kier alpha value is -6.98. The van der Waals surface area contributed by atoms with E-state index in [0.717, 1.165) is 66.5 Å². The molecule has 0 atom stereocenters. The van der Waals surface area contributed by atoms with Crippen molar-refractivity contribution in [2.45, 2.75) is 0 Å². The van der Waals surface area contributed by atoms with Crippen LogP contribution in [-0.4, -0.2) is 16.2 Å². The minimum Gasteiger partial charge on any atom is -0.456 e. The van der Waals surface area contributed by atoms with Gasteiger partial charge in [-0.15, -0.1) is 0 Å². The zero-order chi connectivity index (χ0) is 34.3. The molecule has 5 nitrogen and oxygen atoms in total. The van der Waals surface area contributed by atoms with Gasteiger partial charge in [-0.1, -0.05) is 128 Å². The van der Waals surface area contributed by atoms with Gasteiger partial charge in [0.1, 0.15) is 17.0 Å². The first-order chi connectivity index (χ1) is 25.1. The van der Waals surface area contributed by atoms with E-state index in [1.165, 1.54) is 10.8 Å². The summed E-state index contributed by atoms with van der Waals surface area (Å²) in [6, 6.07) is 57.7. The van der Waals surface area contributed by atoms with Crippen LogP contribution in [0.15, 0.2) is 191 Å². The first-order valence-electron chi connectivity index (χ1n) is 16.9. The van der Waals surface area contributed by atoms with Crippen LogP contribution in [0.2, 0.25) is 0 Å². The molecule has 0 radical (unpaired) electrons. The summed E-state index contributed by atoms with van der Waals surface area (Å²) in [5, 5.41) is 4.50. The van der Waals surface area contributed by atoms with E-state index in [1.54, 1.807) is 0 Å². The molecule has 51 heavy (non-hydrogen) atoms. The number of benzene rings is 7. The smallest absolute Gasteiger partial charge is 0.162 e. The molecule has 2 aromatic heterocycles. The predicted molar refractivity (Wildman–Crippen MR) is 213 cm³/mol. The molecule has 0 amide bonds. The summed E-state index contributed by atoms with van der Waals surface area (Å²) in [4.78, 5) is 9.79. The highest BCUT2D eigenvalue weighted by Gasteiger charge is 2.15. The minimum absolute atomic E-state index is 0.330. The molecule has 2 N–H and O–H groups in total. The van der Waals surface area contributed by atoms with Crippen LogP contribution in [0, 0.1) is 0 Å². The number of nitrogens with zero attached hydrogens (tertiary/aromatic N) is 3. The maximum atomic E-state index is 6.72. The molecule has 5 heteroatoms. The third-order valence-corrected chi connectivity index (χ3v) is 9.39. The van der Waals surface area contributed by atoms with Crippen LogP contribution in [0.5, 0.6) is 0 Å². The summed E-state index contributed by atoms with van der Waals surface area (Å²) >= 11 is 0. The van der Waals surface area contributed by atoms with Crippen LogP contribution in [0.25, 0.3) is 66.3 Å². The number of para-hydroxylation sites is 2. The van der Waals surface area contributed by atoms with E-state index in [9.17, 15) is 0 Å². The molecule has 9 aromatic rings. The molecule has 0 saturated heterocycles.